The molecule has 2 N–H and O–H groups in total. The largest absolute Gasteiger partial charge is 0.289 e. The van der Waals surface area contributed by atoms with Gasteiger partial charge in [0.05, 0.1) is 0 Å². The zero-order valence-corrected chi connectivity index (χ0v) is 6.53. The van der Waals surface area contributed by atoms with Gasteiger partial charge in [0.25, 0.3) is 0 Å². The quantitative estimate of drug-likeness (QED) is 0.508. The van der Waals surface area contributed by atoms with Crippen LogP contribution in [0.25, 0.3) is 0 Å². The molecular formula is C8H10N2O2. The van der Waals surface area contributed by atoms with Crippen molar-refractivity contribution in [3.05, 3.63) is 30.1 Å². The standard InChI is InChI=1S/C8H10N2O2/c11-8(10-12)5-4-7-3-1-2-6-9-7/h1-3,6,12H,4-5H2,(H,10,11). The molecule has 1 aromatic heterocycles. The van der Waals surface area contributed by atoms with Gasteiger partial charge in [-0.1, -0.05) is 6.07 Å². The van der Waals surface area contributed by atoms with E-state index < -0.39 is 0 Å². The predicted molar refractivity (Wildman–Crippen MR) is 42.5 cm³/mol. The van der Waals surface area contributed by atoms with Crippen LogP contribution in [0.3, 0.4) is 0 Å². The third-order valence-corrected chi connectivity index (χ3v) is 1.46. The number of pyridine rings is 1. The lowest BCUT2D eigenvalue weighted by molar-refractivity contribution is -0.129. The lowest BCUT2D eigenvalue weighted by atomic mass is 10.2. The van der Waals surface area contributed by atoms with E-state index >= 15 is 0 Å². The maximum Gasteiger partial charge on any atom is 0.243 e. The van der Waals surface area contributed by atoms with E-state index in [9.17, 15) is 4.79 Å². The molecule has 0 fully saturated rings. The highest BCUT2D eigenvalue weighted by atomic mass is 16.5. The van der Waals surface area contributed by atoms with Crippen LogP contribution in [-0.2, 0) is 11.2 Å². The Morgan fingerprint density at radius 3 is 3.00 bits per heavy atom. The fourth-order valence-corrected chi connectivity index (χ4v) is 0.844. The van der Waals surface area contributed by atoms with Crippen LogP contribution in [0.15, 0.2) is 24.4 Å². The van der Waals surface area contributed by atoms with E-state index in [2.05, 4.69) is 4.98 Å². The summed E-state index contributed by atoms with van der Waals surface area (Å²) in [6.07, 6.45) is 2.48. The number of nitrogens with zero attached hydrogens (tertiary/aromatic N) is 1. The Kier molecular flexibility index (Phi) is 3.22. The Bertz CT molecular complexity index is 248. The highest BCUT2D eigenvalue weighted by Crippen LogP contribution is 1.97. The molecule has 12 heavy (non-hydrogen) atoms. The van der Waals surface area contributed by atoms with Crippen LogP contribution in [0.5, 0.6) is 0 Å². The number of hydroxylamine groups is 1. The first kappa shape index (κ1) is 8.67. The molecule has 4 heteroatoms. The normalized spacial score (nSPS) is 9.42. The number of hydrogen-bond acceptors (Lipinski definition) is 3. The zero-order chi connectivity index (χ0) is 8.81. The van der Waals surface area contributed by atoms with Crippen LogP contribution < -0.4 is 5.48 Å². The molecule has 4 nitrogen and oxygen atoms in total. The lowest BCUT2D eigenvalue weighted by Gasteiger charge is -1.97. The van der Waals surface area contributed by atoms with Crippen LogP contribution in [0, 0.1) is 0 Å². The van der Waals surface area contributed by atoms with Gasteiger partial charge in [-0.25, -0.2) is 5.48 Å². The monoisotopic (exact) mass is 166 g/mol. The van der Waals surface area contributed by atoms with E-state index in [0.717, 1.165) is 5.69 Å². The van der Waals surface area contributed by atoms with Crippen LogP contribution in [0.4, 0.5) is 0 Å². The minimum atomic E-state index is -0.388. The predicted octanol–water partition coefficient (Wildman–Crippen LogP) is 0.520. The van der Waals surface area contributed by atoms with E-state index in [1.807, 2.05) is 18.2 Å². The molecule has 1 aromatic rings. The first-order valence-electron chi connectivity index (χ1n) is 3.66. The van der Waals surface area contributed by atoms with E-state index in [4.69, 9.17) is 5.21 Å². The molecule has 0 atom stereocenters. The molecule has 0 saturated heterocycles. The first-order chi connectivity index (χ1) is 5.83. The Labute approximate surface area is 70.2 Å². The van der Waals surface area contributed by atoms with Crippen molar-refractivity contribution in [1.29, 1.82) is 0 Å². The van der Waals surface area contributed by atoms with Gasteiger partial charge in [-0.15, -0.1) is 0 Å². The third kappa shape index (κ3) is 2.67. The number of rotatable bonds is 3. The second-order valence-electron chi connectivity index (χ2n) is 2.36. The van der Waals surface area contributed by atoms with Gasteiger partial charge in [0.2, 0.25) is 5.91 Å². The summed E-state index contributed by atoms with van der Waals surface area (Å²) in [6, 6.07) is 5.51. The van der Waals surface area contributed by atoms with Gasteiger partial charge >= 0.3 is 0 Å². The summed E-state index contributed by atoms with van der Waals surface area (Å²) in [4.78, 5) is 14.6. The molecule has 0 bridgehead atoms. The smallest absolute Gasteiger partial charge is 0.243 e. The Morgan fingerprint density at radius 1 is 1.58 bits per heavy atom. The summed E-state index contributed by atoms with van der Waals surface area (Å²) >= 11 is 0. The van der Waals surface area contributed by atoms with E-state index in [1.54, 1.807) is 11.7 Å². The van der Waals surface area contributed by atoms with Gasteiger partial charge in [0.1, 0.15) is 0 Å². The molecule has 0 aliphatic heterocycles. The van der Waals surface area contributed by atoms with E-state index in [1.165, 1.54) is 0 Å². The Balaban J connectivity index is 2.38. The van der Waals surface area contributed by atoms with Gasteiger partial charge in [-0.3, -0.25) is 15.0 Å². The number of carbonyl (C=O) groups excluding carboxylic acids is 1. The van der Waals surface area contributed by atoms with Crippen molar-refractivity contribution < 1.29 is 10.0 Å². The van der Waals surface area contributed by atoms with Crippen LogP contribution in [-0.4, -0.2) is 16.1 Å². The number of hydrogen-bond donors (Lipinski definition) is 2. The average molecular weight is 166 g/mol. The number of amides is 1. The molecule has 0 aliphatic carbocycles. The maximum atomic E-state index is 10.6. The molecule has 0 aliphatic rings. The number of aryl methyl sites for hydroxylation is 1. The van der Waals surface area contributed by atoms with Crippen molar-refractivity contribution in [3.8, 4) is 0 Å². The summed E-state index contributed by atoms with van der Waals surface area (Å²) in [6.45, 7) is 0. The SMILES string of the molecule is O=C(CCc1ccccn1)NO. The third-order valence-electron chi connectivity index (χ3n) is 1.46. The minimum absolute atomic E-state index is 0.257. The molecule has 1 rings (SSSR count). The lowest BCUT2D eigenvalue weighted by Crippen LogP contribution is -2.18. The van der Waals surface area contributed by atoms with Crippen molar-refractivity contribution in [2.75, 3.05) is 0 Å². The topological polar surface area (TPSA) is 62.2 Å². The maximum absolute atomic E-state index is 10.6. The molecule has 0 radical (unpaired) electrons. The Hall–Kier alpha value is -1.42. The number of carbonyl (C=O) groups is 1. The van der Waals surface area contributed by atoms with Crippen molar-refractivity contribution in [2.24, 2.45) is 0 Å². The molecular weight excluding hydrogens is 156 g/mol. The summed E-state index contributed by atoms with van der Waals surface area (Å²) in [7, 11) is 0. The molecule has 1 amide bonds. The van der Waals surface area contributed by atoms with Gasteiger partial charge in [-0.2, -0.15) is 0 Å². The van der Waals surface area contributed by atoms with E-state index in [-0.39, 0.29) is 12.3 Å². The van der Waals surface area contributed by atoms with Crippen LogP contribution in [0.2, 0.25) is 0 Å². The van der Waals surface area contributed by atoms with Gasteiger partial charge in [0, 0.05) is 18.3 Å². The Morgan fingerprint density at radius 2 is 2.42 bits per heavy atom. The molecule has 0 unspecified atom stereocenters. The summed E-state index contributed by atoms with van der Waals surface area (Å²) in [5.74, 6) is -0.388. The molecule has 64 valence electrons. The summed E-state index contributed by atoms with van der Waals surface area (Å²) in [5, 5.41) is 8.19. The number of aromatic nitrogens is 1. The summed E-state index contributed by atoms with van der Waals surface area (Å²) in [5.41, 5.74) is 2.42. The zero-order valence-electron chi connectivity index (χ0n) is 6.53. The molecule has 0 aromatic carbocycles. The molecule has 0 spiro atoms. The van der Waals surface area contributed by atoms with Crippen LogP contribution >= 0.6 is 0 Å². The molecule has 0 saturated carbocycles. The minimum Gasteiger partial charge on any atom is -0.289 e. The highest BCUT2D eigenvalue weighted by Gasteiger charge is 1.99. The van der Waals surface area contributed by atoms with Crippen LogP contribution in [0.1, 0.15) is 12.1 Å². The van der Waals surface area contributed by atoms with Crippen molar-refractivity contribution in [1.82, 2.24) is 10.5 Å². The number of nitrogens with one attached hydrogen (secondary N) is 1. The second-order valence-corrected chi connectivity index (χ2v) is 2.36. The fourth-order valence-electron chi connectivity index (χ4n) is 0.844. The van der Waals surface area contributed by atoms with Gasteiger partial charge in [-0.05, 0) is 18.6 Å². The fraction of sp³-hybridized carbons (Fsp3) is 0.250. The van der Waals surface area contributed by atoms with E-state index in [0.29, 0.717) is 6.42 Å². The first-order valence-corrected chi connectivity index (χ1v) is 3.66. The van der Waals surface area contributed by atoms with Crippen molar-refractivity contribution in [2.45, 2.75) is 12.8 Å². The van der Waals surface area contributed by atoms with Gasteiger partial charge in [0.15, 0.2) is 0 Å². The van der Waals surface area contributed by atoms with Crippen molar-refractivity contribution >= 4 is 5.91 Å². The average Bonchev–Trinajstić information content (AvgIpc) is 2.16. The highest BCUT2D eigenvalue weighted by molar-refractivity contribution is 5.74. The summed E-state index contributed by atoms with van der Waals surface area (Å²) < 4.78 is 0. The molecule has 1 heterocycles. The van der Waals surface area contributed by atoms with Crippen molar-refractivity contribution in [3.63, 3.8) is 0 Å². The van der Waals surface area contributed by atoms with Gasteiger partial charge < -0.3 is 0 Å². The second kappa shape index (κ2) is 4.46.